The molecule has 0 bridgehead atoms. The molecule has 0 unspecified atom stereocenters. The second-order valence-corrected chi connectivity index (χ2v) is 2.27. The Kier molecular flexibility index (Phi) is 2.08. The number of hydrazine groups is 1. The van der Waals surface area contributed by atoms with Crippen LogP contribution in [0.15, 0.2) is 0 Å². The first-order chi connectivity index (χ1) is 3.81. The van der Waals surface area contributed by atoms with Crippen molar-refractivity contribution in [2.24, 2.45) is 5.84 Å². The molecule has 2 nitrogen and oxygen atoms in total. The van der Waals surface area contributed by atoms with Gasteiger partial charge < -0.3 is 0 Å². The molecule has 0 aliphatic heterocycles. The lowest BCUT2D eigenvalue weighted by atomic mass is 10.1. The van der Waals surface area contributed by atoms with Crippen LogP contribution in [-0.2, 0) is 0 Å². The number of hydrogen-bond acceptors (Lipinski definition) is 2. The molecule has 9 heavy (non-hydrogen) atoms. The second kappa shape index (κ2) is 2.15. The maximum Gasteiger partial charge on any atom is 0.407 e. The standard InChI is InChI=1S/C4H9F3N2/c1-3(2,9-8)4(5,6)7/h9H,8H2,1-2H3. The lowest BCUT2D eigenvalue weighted by Crippen LogP contribution is -2.55. The van der Waals surface area contributed by atoms with Crippen molar-refractivity contribution < 1.29 is 13.2 Å². The Labute approximate surface area is 51.2 Å². The third-order valence-electron chi connectivity index (χ3n) is 1.07. The van der Waals surface area contributed by atoms with Crippen LogP contribution >= 0.6 is 0 Å². The van der Waals surface area contributed by atoms with Gasteiger partial charge in [0, 0.05) is 0 Å². The Morgan fingerprint density at radius 2 is 1.56 bits per heavy atom. The average Bonchev–Trinajstić information content (AvgIpc) is 1.64. The van der Waals surface area contributed by atoms with Crippen LogP contribution in [0.5, 0.6) is 0 Å². The second-order valence-electron chi connectivity index (χ2n) is 2.27. The molecule has 0 heterocycles. The molecule has 3 N–H and O–H groups in total. The van der Waals surface area contributed by atoms with Gasteiger partial charge in [-0.05, 0) is 13.8 Å². The van der Waals surface area contributed by atoms with Gasteiger partial charge in [0.25, 0.3) is 0 Å². The van der Waals surface area contributed by atoms with Crippen molar-refractivity contribution in [3.8, 4) is 0 Å². The minimum Gasteiger partial charge on any atom is -0.271 e. The van der Waals surface area contributed by atoms with E-state index in [9.17, 15) is 13.2 Å². The van der Waals surface area contributed by atoms with Crippen molar-refractivity contribution in [1.29, 1.82) is 0 Å². The van der Waals surface area contributed by atoms with Crippen LogP contribution in [-0.4, -0.2) is 11.7 Å². The van der Waals surface area contributed by atoms with E-state index in [2.05, 4.69) is 5.84 Å². The molecule has 0 rings (SSSR count). The van der Waals surface area contributed by atoms with E-state index in [4.69, 9.17) is 0 Å². The van der Waals surface area contributed by atoms with Crippen molar-refractivity contribution in [3.05, 3.63) is 0 Å². The highest BCUT2D eigenvalue weighted by atomic mass is 19.4. The highest BCUT2D eigenvalue weighted by molar-refractivity contribution is 4.82. The Bertz CT molecular complexity index is 96.5. The molecule has 0 aromatic heterocycles. The predicted octanol–water partition coefficient (Wildman–Crippen LogP) is 0.791. The van der Waals surface area contributed by atoms with Gasteiger partial charge in [0.2, 0.25) is 0 Å². The molecular formula is C4H9F3N2. The summed E-state index contributed by atoms with van der Waals surface area (Å²) >= 11 is 0. The number of nitrogens with two attached hydrogens (primary N) is 1. The van der Waals surface area contributed by atoms with Crippen molar-refractivity contribution in [1.82, 2.24) is 5.43 Å². The van der Waals surface area contributed by atoms with E-state index >= 15 is 0 Å². The van der Waals surface area contributed by atoms with E-state index in [0.717, 1.165) is 13.8 Å². The average molecular weight is 142 g/mol. The monoisotopic (exact) mass is 142 g/mol. The molecule has 0 aliphatic rings. The van der Waals surface area contributed by atoms with Gasteiger partial charge in [0.1, 0.15) is 5.54 Å². The van der Waals surface area contributed by atoms with Crippen molar-refractivity contribution in [2.45, 2.75) is 25.6 Å². The number of halogens is 3. The fourth-order valence-corrected chi connectivity index (χ4v) is 0.0818. The molecule has 0 spiro atoms. The van der Waals surface area contributed by atoms with E-state index in [0.29, 0.717) is 0 Å². The van der Waals surface area contributed by atoms with Crippen LogP contribution in [0.25, 0.3) is 0 Å². The van der Waals surface area contributed by atoms with Gasteiger partial charge in [-0.1, -0.05) is 0 Å². The normalized spacial score (nSPS) is 14.0. The topological polar surface area (TPSA) is 38.0 Å². The number of hydrogen-bond donors (Lipinski definition) is 2. The zero-order chi connectivity index (χ0) is 7.71. The Hall–Kier alpha value is -0.290. The summed E-state index contributed by atoms with van der Waals surface area (Å²) in [6, 6.07) is 0. The van der Waals surface area contributed by atoms with Crippen LogP contribution in [0.2, 0.25) is 0 Å². The summed E-state index contributed by atoms with van der Waals surface area (Å²) in [5.41, 5.74) is -0.337. The zero-order valence-electron chi connectivity index (χ0n) is 5.21. The summed E-state index contributed by atoms with van der Waals surface area (Å²) in [7, 11) is 0. The van der Waals surface area contributed by atoms with Gasteiger partial charge in [-0.3, -0.25) is 5.84 Å². The zero-order valence-corrected chi connectivity index (χ0v) is 5.21. The molecule has 0 aromatic rings. The van der Waals surface area contributed by atoms with Gasteiger partial charge in [-0.15, -0.1) is 0 Å². The van der Waals surface area contributed by atoms with Gasteiger partial charge >= 0.3 is 6.18 Å². The van der Waals surface area contributed by atoms with Crippen LogP contribution in [0.3, 0.4) is 0 Å². The fourth-order valence-electron chi connectivity index (χ4n) is 0.0818. The molecule has 0 atom stereocenters. The highest BCUT2D eigenvalue weighted by Crippen LogP contribution is 2.28. The minimum atomic E-state index is -4.29. The Morgan fingerprint density at radius 3 is 1.56 bits per heavy atom. The van der Waals surface area contributed by atoms with Gasteiger partial charge in [-0.25, -0.2) is 5.43 Å². The molecule has 0 aliphatic carbocycles. The Balaban J connectivity index is 4.14. The maximum atomic E-state index is 11.7. The predicted molar refractivity (Wildman–Crippen MR) is 27.5 cm³/mol. The first-order valence-corrected chi connectivity index (χ1v) is 2.36. The summed E-state index contributed by atoms with van der Waals surface area (Å²) in [5, 5.41) is 0. The van der Waals surface area contributed by atoms with E-state index in [1.54, 1.807) is 5.43 Å². The summed E-state index contributed by atoms with van der Waals surface area (Å²) in [6.07, 6.45) is -4.29. The first kappa shape index (κ1) is 8.71. The van der Waals surface area contributed by atoms with Crippen LogP contribution in [0, 0.1) is 0 Å². The van der Waals surface area contributed by atoms with Crippen LogP contribution in [0.4, 0.5) is 13.2 Å². The van der Waals surface area contributed by atoms with Crippen molar-refractivity contribution in [3.63, 3.8) is 0 Å². The number of rotatable bonds is 1. The lowest BCUT2D eigenvalue weighted by molar-refractivity contribution is -0.186. The van der Waals surface area contributed by atoms with E-state index in [1.807, 2.05) is 0 Å². The summed E-state index contributed by atoms with van der Waals surface area (Å²) < 4.78 is 35.1. The number of alkyl halides is 3. The SMILES string of the molecule is CC(C)(NN)C(F)(F)F. The minimum absolute atomic E-state index is 0.965. The highest BCUT2D eigenvalue weighted by Gasteiger charge is 2.46. The van der Waals surface area contributed by atoms with Gasteiger partial charge in [0.15, 0.2) is 0 Å². The molecule has 0 radical (unpaired) electrons. The van der Waals surface area contributed by atoms with Crippen molar-refractivity contribution >= 4 is 0 Å². The van der Waals surface area contributed by atoms with Gasteiger partial charge in [0.05, 0.1) is 0 Å². The van der Waals surface area contributed by atoms with Crippen LogP contribution < -0.4 is 11.3 Å². The van der Waals surface area contributed by atoms with Crippen molar-refractivity contribution in [2.75, 3.05) is 0 Å². The molecule has 0 saturated carbocycles. The third-order valence-corrected chi connectivity index (χ3v) is 1.07. The third kappa shape index (κ3) is 1.83. The first-order valence-electron chi connectivity index (χ1n) is 2.36. The molecule has 0 saturated heterocycles. The van der Waals surface area contributed by atoms with Crippen LogP contribution in [0.1, 0.15) is 13.8 Å². The van der Waals surface area contributed by atoms with E-state index < -0.39 is 11.7 Å². The smallest absolute Gasteiger partial charge is 0.271 e. The summed E-state index contributed by atoms with van der Waals surface area (Å²) in [4.78, 5) is 0. The summed E-state index contributed by atoms with van der Waals surface area (Å²) in [6.45, 7) is 1.93. The number of nitrogens with one attached hydrogen (secondary N) is 1. The maximum absolute atomic E-state index is 11.7. The largest absolute Gasteiger partial charge is 0.407 e. The molecule has 0 fully saturated rings. The van der Waals surface area contributed by atoms with E-state index in [-0.39, 0.29) is 0 Å². The Morgan fingerprint density at radius 1 is 1.22 bits per heavy atom. The van der Waals surface area contributed by atoms with E-state index in [1.165, 1.54) is 0 Å². The molecule has 0 amide bonds. The molecular weight excluding hydrogens is 133 g/mol. The molecule has 0 aromatic carbocycles. The molecule has 5 heteroatoms. The lowest BCUT2D eigenvalue weighted by Gasteiger charge is -2.26. The molecule has 56 valence electrons. The van der Waals surface area contributed by atoms with Gasteiger partial charge in [-0.2, -0.15) is 13.2 Å². The summed E-state index contributed by atoms with van der Waals surface area (Å²) in [5.74, 6) is 4.62. The quantitative estimate of drug-likeness (QED) is 0.419. The fraction of sp³-hybridized carbons (Fsp3) is 1.00.